The summed E-state index contributed by atoms with van der Waals surface area (Å²) in [6.45, 7) is 7.10. The van der Waals surface area contributed by atoms with Crippen LogP contribution in [0.2, 0.25) is 5.02 Å². The molecule has 186 valence electrons. The van der Waals surface area contributed by atoms with E-state index in [0.717, 1.165) is 56.9 Å². The molecule has 6 nitrogen and oxygen atoms in total. The average Bonchev–Trinajstić information content (AvgIpc) is 3.11. The van der Waals surface area contributed by atoms with Gasteiger partial charge in [-0.25, -0.2) is 17.8 Å². The third kappa shape index (κ3) is 8.99. The topological polar surface area (TPSA) is 97.1 Å². The fourth-order valence-electron chi connectivity index (χ4n) is 3.65. The van der Waals surface area contributed by atoms with E-state index in [1.54, 1.807) is 0 Å². The molecule has 1 aromatic carbocycles. The Labute approximate surface area is 204 Å². The first kappa shape index (κ1) is 27.8. The minimum absolute atomic E-state index is 0.0792. The molecular formula is C22H33ClF2N4O2S2. The van der Waals surface area contributed by atoms with Crippen LogP contribution in [0.3, 0.4) is 0 Å². The highest BCUT2D eigenvalue weighted by molar-refractivity contribution is 7.93. The summed E-state index contributed by atoms with van der Waals surface area (Å²) in [6.07, 6.45) is 7.25. The van der Waals surface area contributed by atoms with Crippen molar-refractivity contribution in [3.8, 4) is 0 Å². The molecule has 0 saturated carbocycles. The van der Waals surface area contributed by atoms with Gasteiger partial charge in [0, 0.05) is 12.6 Å². The molecule has 0 radical (unpaired) electrons. The molecule has 0 aliphatic carbocycles. The zero-order valence-electron chi connectivity index (χ0n) is 19.2. The molecule has 2 aromatic rings. The van der Waals surface area contributed by atoms with Crippen molar-refractivity contribution in [1.29, 1.82) is 0 Å². The van der Waals surface area contributed by atoms with Crippen LogP contribution >= 0.6 is 22.9 Å². The third-order valence-corrected chi connectivity index (χ3v) is 7.84. The predicted octanol–water partition coefficient (Wildman–Crippen LogP) is 6.25. The van der Waals surface area contributed by atoms with Gasteiger partial charge in [-0.15, -0.1) is 0 Å². The highest BCUT2D eigenvalue weighted by atomic mass is 35.5. The average molecular weight is 523 g/mol. The lowest BCUT2D eigenvalue weighted by Gasteiger charge is -2.22. The number of hydrogen-bond donors (Lipinski definition) is 3. The van der Waals surface area contributed by atoms with Gasteiger partial charge >= 0.3 is 0 Å². The van der Waals surface area contributed by atoms with Crippen LogP contribution < -0.4 is 15.8 Å². The lowest BCUT2D eigenvalue weighted by molar-refractivity contribution is 0.328. The second kappa shape index (κ2) is 12.8. The van der Waals surface area contributed by atoms with Crippen molar-refractivity contribution in [3.05, 3.63) is 34.3 Å². The molecule has 4 N–H and O–H groups in total. The van der Waals surface area contributed by atoms with E-state index in [4.69, 9.17) is 17.3 Å². The molecule has 0 aliphatic heterocycles. The van der Waals surface area contributed by atoms with E-state index in [2.05, 4.69) is 35.8 Å². The van der Waals surface area contributed by atoms with Gasteiger partial charge in [0.2, 0.25) is 0 Å². The van der Waals surface area contributed by atoms with Crippen LogP contribution in [0.4, 0.5) is 19.6 Å². The van der Waals surface area contributed by atoms with Gasteiger partial charge in [-0.1, -0.05) is 56.0 Å². The van der Waals surface area contributed by atoms with Gasteiger partial charge in [-0.2, -0.15) is 4.39 Å². The minimum atomic E-state index is -4.29. The normalized spacial score (nSPS) is 13.8. The van der Waals surface area contributed by atoms with Crippen molar-refractivity contribution in [2.45, 2.75) is 70.2 Å². The molecule has 0 spiro atoms. The van der Waals surface area contributed by atoms with Gasteiger partial charge in [0.15, 0.2) is 10.3 Å². The SMILES string of the molecule is CC(C)C[C@@H](CCCCCCNc1cc(F)c(S(=O)(=O)Nc2ncc(F)s2)cc1Cl)[C@@H](C)N. The number of hydrogen-bond acceptors (Lipinski definition) is 6. The first-order valence-corrected chi connectivity index (χ1v) is 13.8. The Kier molecular flexibility index (Phi) is 10.8. The monoisotopic (exact) mass is 522 g/mol. The maximum Gasteiger partial charge on any atom is 0.266 e. The molecule has 0 fully saturated rings. The molecule has 0 amide bonds. The number of thiazole rings is 1. The van der Waals surface area contributed by atoms with Crippen molar-refractivity contribution in [2.24, 2.45) is 17.6 Å². The summed E-state index contributed by atoms with van der Waals surface area (Å²) in [6, 6.07) is 2.29. The molecule has 1 aromatic heterocycles. The van der Waals surface area contributed by atoms with Crippen molar-refractivity contribution in [2.75, 3.05) is 16.6 Å². The van der Waals surface area contributed by atoms with Crippen molar-refractivity contribution < 1.29 is 17.2 Å². The number of benzene rings is 1. The van der Waals surface area contributed by atoms with Crippen molar-refractivity contribution in [1.82, 2.24) is 4.98 Å². The number of nitrogens with two attached hydrogens (primary N) is 1. The number of anilines is 2. The minimum Gasteiger partial charge on any atom is -0.384 e. The quantitative estimate of drug-likeness (QED) is 0.255. The summed E-state index contributed by atoms with van der Waals surface area (Å²) >= 11 is 6.68. The number of rotatable bonds is 14. The summed E-state index contributed by atoms with van der Waals surface area (Å²) in [5, 5.41) is 2.29. The molecule has 0 bridgehead atoms. The van der Waals surface area contributed by atoms with E-state index in [-0.39, 0.29) is 16.2 Å². The standard InChI is InChI=1S/C22H33ClF2N4O2S2/c1-14(2)10-16(15(3)26)8-6-4-5-7-9-27-19-12-18(24)20(11-17(19)23)33(30,31)29-22-28-13-21(25)32-22/h11-16,27H,4-10,26H2,1-3H3,(H,28,29)/t15-,16-/m1/s1. The van der Waals surface area contributed by atoms with Crippen molar-refractivity contribution >= 4 is 43.8 Å². The Bertz CT molecular complexity index is 1000. The van der Waals surface area contributed by atoms with Gasteiger partial charge in [0.25, 0.3) is 10.0 Å². The van der Waals surface area contributed by atoms with Gasteiger partial charge in [0.1, 0.15) is 10.7 Å². The predicted molar refractivity (Wildman–Crippen MR) is 132 cm³/mol. The number of aromatic nitrogens is 1. The summed E-state index contributed by atoms with van der Waals surface area (Å²) in [5.41, 5.74) is 6.42. The molecule has 11 heteroatoms. The Balaban J connectivity index is 1.82. The van der Waals surface area contributed by atoms with Crippen molar-refractivity contribution in [3.63, 3.8) is 0 Å². The van der Waals surface area contributed by atoms with E-state index in [1.807, 2.05) is 0 Å². The van der Waals surface area contributed by atoms with Gasteiger partial charge in [-0.05, 0) is 50.2 Å². The first-order chi connectivity index (χ1) is 15.5. The summed E-state index contributed by atoms with van der Waals surface area (Å²) < 4.78 is 54.4. The van der Waals surface area contributed by atoms with E-state index in [9.17, 15) is 17.2 Å². The number of halogens is 3. The Morgan fingerprint density at radius 1 is 1.15 bits per heavy atom. The zero-order valence-corrected chi connectivity index (χ0v) is 21.6. The molecule has 1 heterocycles. The van der Waals surface area contributed by atoms with E-state index in [1.165, 1.54) is 0 Å². The molecule has 2 rings (SSSR count). The Morgan fingerprint density at radius 3 is 2.45 bits per heavy atom. The Hall–Kier alpha value is -1.49. The van der Waals surface area contributed by atoms with Crippen LogP contribution in [-0.4, -0.2) is 26.0 Å². The fourth-order valence-corrected chi connectivity index (χ4v) is 5.82. The molecule has 33 heavy (non-hydrogen) atoms. The van der Waals surface area contributed by atoms with Crippen LogP contribution in [0.1, 0.15) is 59.3 Å². The lowest BCUT2D eigenvalue weighted by atomic mass is 9.87. The van der Waals surface area contributed by atoms with Crippen LogP contribution in [0.15, 0.2) is 23.2 Å². The van der Waals surface area contributed by atoms with E-state index >= 15 is 0 Å². The van der Waals surface area contributed by atoms with Gasteiger partial charge in [0.05, 0.1) is 16.9 Å². The molecule has 0 saturated heterocycles. The summed E-state index contributed by atoms with van der Waals surface area (Å²) in [7, 11) is -4.29. The van der Waals surface area contributed by atoms with Gasteiger partial charge < -0.3 is 11.1 Å². The number of nitrogens with one attached hydrogen (secondary N) is 2. The highest BCUT2D eigenvalue weighted by Crippen LogP contribution is 2.30. The highest BCUT2D eigenvalue weighted by Gasteiger charge is 2.23. The zero-order chi connectivity index (χ0) is 24.6. The van der Waals surface area contributed by atoms with Crippen LogP contribution in [0, 0.1) is 22.8 Å². The smallest absolute Gasteiger partial charge is 0.266 e. The third-order valence-electron chi connectivity index (χ3n) is 5.35. The number of sulfonamides is 1. The van der Waals surface area contributed by atoms with E-state index < -0.39 is 25.9 Å². The largest absolute Gasteiger partial charge is 0.384 e. The van der Waals surface area contributed by atoms with Crippen LogP contribution in [0.5, 0.6) is 0 Å². The Morgan fingerprint density at radius 2 is 1.85 bits per heavy atom. The maximum absolute atomic E-state index is 14.5. The number of nitrogens with zero attached hydrogens (tertiary/aromatic N) is 1. The molecule has 0 aliphatic rings. The second-order valence-electron chi connectivity index (χ2n) is 8.72. The molecule has 0 unspecified atom stereocenters. The lowest BCUT2D eigenvalue weighted by Crippen LogP contribution is -2.27. The van der Waals surface area contributed by atoms with Gasteiger partial charge in [-0.3, -0.25) is 4.72 Å². The first-order valence-electron chi connectivity index (χ1n) is 11.1. The molecular weight excluding hydrogens is 490 g/mol. The number of unbranched alkanes of at least 4 members (excludes halogenated alkanes) is 3. The van der Waals surface area contributed by atoms with E-state index in [0.29, 0.717) is 35.4 Å². The molecule has 2 atom stereocenters. The fraction of sp³-hybridized carbons (Fsp3) is 0.591. The maximum atomic E-state index is 14.5. The van der Waals surface area contributed by atoms with Crippen LogP contribution in [0.25, 0.3) is 0 Å². The summed E-state index contributed by atoms with van der Waals surface area (Å²) in [5.74, 6) is 0.227. The van der Waals surface area contributed by atoms with Crippen LogP contribution in [-0.2, 0) is 10.0 Å². The second-order valence-corrected chi connectivity index (χ2v) is 11.8. The summed E-state index contributed by atoms with van der Waals surface area (Å²) in [4.78, 5) is 2.95.